The Morgan fingerprint density at radius 3 is 2.60 bits per heavy atom. The van der Waals surface area contributed by atoms with E-state index >= 15 is 0 Å². The summed E-state index contributed by atoms with van der Waals surface area (Å²) in [5, 5.41) is 2.92. The lowest BCUT2D eigenvalue weighted by molar-refractivity contribution is -0.120. The maximum Gasteiger partial charge on any atom is 0.243 e. The van der Waals surface area contributed by atoms with E-state index in [-0.39, 0.29) is 10.0 Å². The van der Waals surface area contributed by atoms with Gasteiger partial charge in [-0.05, 0) is 37.1 Å². The van der Waals surface area contributed by atoms with Crippen molar-refractivity contribution in [1.29, 1.82) is 0 Å². The standard InChI is InChI=1S/C17H18ClN3O3S/c18-15-10-6-11-16(19-15)20-17(22)14-9-4-5-12-21(14)25(23,24)13-7-2-1-3-8-13/h1-3,6-8,10-11,14H,4-5,9,12H2,(H,19,20,22)/t14-/m1/s1. The molecule has 0 saturated carbocycles. The van der Waals surface area contributed by atoms with E-state index in [1.54, 1.807) is 36.4 Å². The number of rotatable bonds is 4. The molecule has 25 heavy (non-hydrogen) atoms. The van der Waals surface area contributed by atoms with Gasteiger partial charge in [0.05, 0.1) is 4.90 Å². The zero-order valence-electron chi connectivity index (χ0n) is 13.4. The molecule has 8 heteroatoms. The number of carbonyl (C=O) groups excluding carboxylic acids is 1. The number of nitrogens with zero attached hydrogens (tertiary/aromatic N) is 2. The molecule has 2 heterocycles. The van der Waals surface area contributed by atoms with Crippen molar-refractivity contribution < 1.29 is 13.2 Å². The molecule has 1 atom stereocenters. The third kappa shape index (κ3) is 4.00. The van der Waals surface area contributed by atoms with Crippen LogP contribution in [-0.4, -0.2) is 36.2 Å². The summed E-state index contributed by atoms with van der Waals surface area (Å²) >= 11 is 5.83. The normalized spacial score (nSPS) is 18.7. The number of hydrogen-bond acceptors (Lipinski definition) is 4. The molecule has 132 valence electrons. The summed E-state index contributed by atoms with van der Waals surface area (Å²) in [6.07, 6.45) is 1.99. The zero-order valence-corrected chi connectivity index (χ0v) is 15.0. The van der Waals surface area contributed by atoms with Crippen LogP contribution in [0.5, 0.6) is 0 Å². The van der Waals surface area contributed by atoms with Gasteiger partial charge >= 0.3 is 0 Å². The number of carbonyl (C=O) groups is 1. The maximum atomic E-state index is 12.9. The van der Waals surface area contributed by atoms with Crippen LogP contribution in [0.2, 0.25) is 5.15 Å². The van der Waals surface area contributed by atoms with Crippen LogP contribution in [0.1, 0.15) is 19.3 Å². The molecule has 1 aliphatic rings. The number of amides is 1. The van der Waals surface area contributed by atoms with E-state index in [0.29, 0.717) is 18.8 Å². The summed E-state index contributed by atoms with van der Waals surface area (Å²) in [6, 6.07) is 12.3. The van der Waals surface area contributed by atoms with Gasteiger partial charge in [-0.1, -0.05) is 42.3 Å². The first-order valence-electron chi connectivity index (χ1n) is 7.99. The fourth-order valence-electron chi connectivity index (χ4n) is 2.87. The Balaban J connectivity index is 1.84. The molecular weight excluding hydrogens is 362 g/mol. The van der Waals surface area contributed by atoms with Gasteiger partial charge < -0.3 is 5.32 Å². The number of benzene rings is 1. The Labute approximate surface area is 151 Å². The minimum absolute atomic E-state index is 0.190. The number of halogens is 1. The average Bonchev–Trinajstić information content (AvgIpc) is 2.62. The maximum absolute atomic E-state index is 12.9. The van der Waals surface area contributed by atoms with Gasteiger partial charge in [0.15, 0.2) is 0 Å². The van der Waals surface area contributed by atoms with Crippen LogP contribution in [0, 0.1) is 0 Å². The Bertz CT molecular complexity index is 858. The van der Waals surface area contributed by atoms with Crippen molar-refractivity contribution in [1.82, 2.24) is 9.29 Å². The number of anilines is 1. The Hall–Kier alpha value is -1.96. The lowest BCUT2D eigenvalue weighted by Crippen LogP contribution is -2.49. The highest BCUT2D eigenvalue weighted by Gasteiger charge is 2.37. The zero-order chi connectivity index (χ0) is 17.9. The molecule has 1 fully saturated rings. The SMILES string of the molecule is O=C(Nc1cccc(Cl)n1)[C@H]1CCCCN1S(=O)(=O)c1ccccc1. The van der Waals surface area contributed by atoms with E-state index in [9.17, 15) is 13.2 Å². The second-order valence-corrected chi connectivity index (χ2v) is 8.05. The highest BCUT2D eigenvalue weighted by Crippen LogP contribution is 2.26. The van der Waals surface area contributed by atoms with E-state index in [1.165, 1.54) is 16.4 Å². The number of piperidine rings is 1. The summed E-state index contributed by atoms with van der Waals surface area (Å²) in [5.74, 6) is -0.0888. The van der Waals surface area contributed by atoms with Crippen LogP contribution >= 0.6 is 11.6 Å². The molecule has 1 aromatic carbocycles. The van der Waals surface area contributed by atoms with Crippen molar-refractivity contribution in [2.24, 2.45) is 0 Å². The van der Waals surface area contributed by atoms with Gasteiger partial charge in [-0.25, -0.2) is 13.4 Å². The Morgan fingerprint density at radius 2 is 1.88 bits per heavy atom. The first kappa shape index (κ1) is 17.8. The van der Waals surface area contributed by atoms with E-state index in [2.05, 4.69) is 10.3 Å². The van der Waals surface area contributed by atoms with Crippen LogP contribution in [-0.2, 0) is 14.8 Å². The number of hydrogen-bond donors (Lipinski definition) is 1. The predicted molar refractivity (Wildman–Crippen MR) is 95.8 cm³/mol. The summed E-state index contributed by atoms with van der Waals surface area (Å²) in [4.78, 5) is 16.9. The minimum Gasteiger partial charge on any atom is -0.309 e. The number of nitrogens with one attached hydrogen (secondary N) is 1. The van der Waals surface area contributed by atoms with Gasteiger partial charge in [0.1, 0.15) is 17.0 Å². The van der Waals surface area contributed by atoms with Gasteiger partial charge in [-0.3, -0.25) is 4.79 Å². The third-order valence-corrected chi connectivity index (χ3v) is 6.21. The molecule has 2 aromatic rings. The van der Waals surface area contributed by atoms with Gasteiger partial charge in [0.25, 0.3) is 0 Å². The first-order valence-corrected chi connectivity index (χ1v) is 9.80. The summed E-state index contributed by atoms with van der Waals surface area (Å²) in [7, 11) is -3.73. The van der Waals surface area contributed by atoms with Crippen LogP contribution in [0.4, 0.5) is 5.82 Å². The van der Waals surface area contributed by atoms with E-state index in [1.807, 2.05) is 0 Å². The van der Waals surface area contributed by atoms with E-state index in [0.717, 1.165) is 12.8 Å². The molecule has 3 rings (SSSR count). The van der Waals surface area contributed by atoms with Crippen molar-refractivity contribution >= 4 is 33.3 Å². The molecule has 1 saturated heterocycles. The van der Waals surface area contributed by atoms with Gasteiger partial charge in [0, 0.05) is 6.54 Å². The van der Waals surface area contributed by atoms with Crippen LogP contribution < -0.4 is 5.32 Å². The van der Waals surface area contributed by atoms with Crippen LogP contribution in [0.25, 0.3) is 0 Å². The highest BCUT2D eigenvalue weighted by molar-refractivity contribution is 7.89. The summed E-state index contributed by atoms with van der Waals surface area (Å²) in [6.45, 7) is 0.318. The fraction of sp³-hybridized carbons (Fsp3) is 0.294. The fourth-order valence-corrected chi connectivity index (χ4v) is 4.71. The smallest absolute Gasteiger partial charge is 0.243 e. The van der Waals surface area contributed by atoms with Crippen molar-refractivity contribution in [3.8, 4) is 0 Å². The molecule has 6 nitrogen and oxygen atoms in total. The van der Waals surface area contributed by atoms with Gasteiger partial charge in [-0.15, -0.1) is 0 Å². The molecule has 1 N–H and O–H groups in total. The summed E-state index contributed by atoms with van der Waals surface area (Å²) in [5.41, 5.74) is 0. The predicted octanol–water partition coefficient (Wildman–Crippen LogP) is 2.92. The molecule has 1 amide bonds. The third-order valence-electron chi connectivity index (χ3n) is 4.07. The minimum atomic E-state index is -3.73. The number of aromatic nitrogens is 1. The lowest BCUT2D eigenvalue weighted by atomic mass is 10.0. The topological polar surface area (TPSA) is 79.4 Å². The largest absolute Gasteiger partial charge is 0.309 e. The van der Waals surface area contributed by atoms with Crippen molar-refractivity contribution in [3.63, 3.8) is 0 Å². The number of sulfonamides is 1. The molecule has 0 radical (unpaired) electrons. The quantitative estimate of drug-likeness (QED) is 0.828. The first-order chi connectivity index (χ1) is 12.0. The Morgan fingerprint density at radius 1 is 1.12 bits per heavy atom. The average molecular weight is 380 g/mol. The van der Waals surface area contributed by atoms with Crippen molar-refractivity contribution in [2.45, 2.75) is 30.2 Å². The molecule has 1 aliphatic heterocycles. The molecule has 0 aliphatic carbocycles. The molecule has 0 unspecified atom stereocenters. The van der Waals surface area contributed by atoms with E-state index < -0.39 is 22.0 Å². The van der Waals surface area contributed by atoms with Crippen LogP contribution in [0.15, 0.2) is 53.4 Å². The monoisotopic (exact) mass is 379 g/mol. The van der Waals surface area contributed by atoms with Crippen LogP contribution in [0.3, 0.4) is 0 Å². The number of pyridine rings is 1. The Kier molecular flexibility index (Phi) is 5.36. The van der Waals surface area contributed by atoms with Gasteiger partial charge in [-0.2, -0.15) is 4.31 Å². The lowest BCUT2D eigenvalue weighted by Gasteiger charge is -2.33. The van der Waals surface area contributed by atoms with Crippen molar-refractivity contribution in [3.05, 3.63) is 53.7 Å². The van der Waals surface area contributed by atoms with Gasteiger partial charge in [0.2, 0.25) is 15.9 Å². The summed E-state index contributed by atoms with van der Waals surface area (Å²) < 4.78 is 27.1. The molecule has 0 bridgehead atoms. The van der Waals surface area contributed by atoms with Crippen molar-refractivity contribution in [2.75, 3.05) is 11.9 Å². The second kappa shape index (κ2) is 7.51. The molecular formula is C17H18ClN3O3S. The van der Waals surface area contributed by atoms with E-state index in [4.69, 9.17) is 11.6 Å². The highest BCUT2D eigenvalue weighted by atomic mass is 35.5. The second-order valence-electron chi connectivity index (χ2n) is 5.78. The molecule has 1 aromatic heterocycles. The molecule has 0 spiro atoms.